The van der Waals surface area contributed by atoms with Crippen molar-refractivity contribution in [1.82, 2.24) is 0 Å². The van der Waals surface area contributed by atoms with Gasteiger partial charge in [-0.3, -0.25) is 9.59 Å². The third-order valence-corrected chi connectivity index (χ3v) is 3.58. The summed E-state index contributed by atoms with van der Waals surface area (Å²) in [5, 5.41) is 5.75. The molecule has 0 unspecified atom stereocenters. The fourth-order valence-electron chi connectivity index (χ4n) is 1.99. The summed E-state index contributed by atoms with van der Waals surface area (Å²) >= 11 is 0. The van der Waals surface area contributed by atoms with Gasteiger partial charge in [0.2, 0.25) is 11.8 Å². The monoisotopic (exact) mass is 260 g/mol. The Morgan fingerprint density at radius 3 is 2.58 bits per heavy atom. The number of rotatable bonds is 4. The first-order valence-corrected chi connectivity index (χ1v) is 6.81. The number of aryl methyl sites for hydroxylation is 1. The first-order chi connectivity index (χ1) is 9.10. The highest BCUT2D eigenvalue weighted by Gasteiger charge is 2.25. The number of carbonyl (C=O) groups is 2. The summed E-state index contributed by atoms with van der Waals surface area (Å²) in [6, 6.07) is 5.59. The zero-order valence-electron chi connectivity index (χ0n) is 11.5. The van der Waals surface area contributed by atoms with Crippen LogP contribution in [-0.2, 0) is 9.59 Å². The second kappa shape index (κ2) is 5.87. The molecule has 0 heterocycles. The van der Waals surface area contributed by atoms with Gasteiger partial charge in [-0.05, 0) is 37.5 Å². The number of hydrogen-bond acceptors (Lipinski definition) is 2. The van der Waals surface area contributed by atoms with Crippen LogP contribution in [0.2, 0.25) is 0 Å². The molecule has 0 aromatic heterocycles. The van der Waals surface area contributed by atoms with E-state index in [-0.39, 0.29) is 17.7 Å². The predicted octanol–water partition coefficient (Wildman–Crippen LogP) is 3.08. The molecule has 4 heteroatoms. The molecule has 102 valence electrons. The molecule has 1 fully saturated rings. The SMILES string of the molecule is CCC(=O)Nc1cc(NC(=O)C2CCC2)ccc1C. The Kier molecular flexibility index (Phi) is 4.20. The molecule has 0 bridgehead atoms. The zero-order chi connectivity index (χ0) is 13.8. The quantitative estimate of drug-likeness (QED) is 0.874. The second-order valence-corrected chi connectivity index (χ2v) is 5.05. The lowest BCUT2D eigenvalue weighted by atomic mass is 9.85. The molecular formula is C15H20N2O2. The van der Waals surface area contributed by atoms with Crippen molar-refractivity contribution in [2.24, 2.45) is 5.92 Å². The van der Waals surface area contributed by atoms with Gasteiger partial charge in [-0.1, -0.05) is 19.4 Å². The van der Waals surface area contributed by atoms with Gasteiger partial charge in [0.25, 0.3) is 0 Å². The van der Waals surface area contributed by atoms with Gasteiger partial charge in [-0.15, -0.1) is 0 Å². The van der Waals surface area contributed by atoms with Crippen LogP contribution in [0.3, 0.4) is 0 Å². The molecule has 1 aliphatic carbocycles. The minimum Gasteiger partial charge on any atom is -0.326 e. The molecule has 2 amide bonds. The average Bonchev–Trinajstić information content (AvgIpc) is 2.31. The van der Waals surface area contributed by atoms with E-state index in [1.165, 1.54) is 0 Å². The van der Waals surface area contributed by atoms with Gasteiger partial charge in [0, 0.05) is 23.7 Å². The third kappa shape index (κ3) is 3.34. The summed E-state index contributed by atoms with van der Waals surface area (Å²) in [6.45, 7) is 3.75. The van der Waals surface area contributed by atoms with Crippen LogP contribution in [0.4, 0.5) is 11.4 Å². The lowest BCUT2D eigenvalue weighted by Crippen LogP contribution is -2.28. The first kappa shape index (κ1) is 13.6. The van der Waals surface area contributed by atoms with Crippen molar-refractivity contribution in [3.63, 3.8) is 0 Å². The van der Waals surface area contributed by atoms with E-state index in [2.05, 4.69) is 10.6 Å². The van der Waals surface area contributed by atoms with Crippen molar-refractivity contribution in [2.75, 3.05) is 10.6 Å². The molecule has 1 aromatic carbocycles. The maximum atomic E-state index is 11.9. The highest BCUT2D eigenvalue weighted by molar-refractivity contribution is 5.95. The van der Waals surface area contributed by atoms with Gasteiger partial charge >= 0.3 is 0 Å². The van der Waals surface area contributed by atoms with E-state index in [4.69, 9.17) is 0 Å². The molecule has 4 nitrogen and oxygen atoms in total. The van der Waals surface area contributed by atoms with Gasteiger partial charge in [-0.2, -0.15) is 0 Å². The standard InChI is InChI=1S/C15H20N2O2/c1-3-14(18)17-13-9-12(8-7-10(13)2)16-15(19)11-5-4-6-11/h7-9,11H,3-6H2,1-2H3,(H,16,19)(H,17,18). The van der Waals surface area contributed by atoms with E-state index in [1.807, 2.05) is 32.0 Å². The molecule has 2 N–H and O–H groups in total. The fraction of sp³-hybridized carbons (Fsp3) is 0.467. The van der Waals surface area contributed by atoms with Crippen molar-refractivity contribution in [3.05, 3.63) is 23.8 Å². The topological polar surface area (TPSA) is 58.2 Å². The lowest BCUT2D eigenvalue weighted by Gasteiger charge is -2.24. The Balaban J connectivity index is 2.06. The van der Waals surface area contributed by atoms with E-state index < -0.39 is 0 Å². The second-order valence-electron chi connectivity index (χ2n) is 5.05. The number of carbonyl (C=O) groups excluding carboxylic acids is 2. The summed E-state index contributed by atoms with van der Waals surface area (Å²) < 4.78 is 0. The number of amides is 2. The van der Waals surface area contributed by atoms with Crippen LogP contribution < -0.4 is 10.6 Å². The zero-order valence-corrected chi connectivity index (χ0v) is 11.5. The fourth-order valence-corrected chi connectivity index (χ4v) is 1.99. The molecule has 2 rings (SSSR count). The molecule has 1 aliphatic rings. The van der Waals surface area contributed by atoms with E-state index in [0.717, 1.165) is 36.2 Å². The molecule has 0 radical (unpaired) electrons. The highest BCUT2D eigenvalue weighted by Crippen LogP contribution is 2.28. The number of benzene rings is 1. The van der Waals surface area contributed by atoms with Crippen LogP contribution in [0.25, 0.3) is 0 Å². The van der Waals surface area contributed by atoms with Crippen LogP contribution >= 0.6 is 0 Å². The maximum absolute atomic E-state index is 11.9. The van der Waals surface area contributed by atoms with Crippen molar-refractivity contribution >= 4 is 23.2 Å². The Labute approximate surface area is 113 Å². The number of anilines is 2. The molecule has 1 aromatic rings. The van der Waals surface area contributed by atoms with Gasteiger partial charge in [-0.25, -0.2) is 0 Å². The van der Waals surface area contributed by atoms with Gasteiger partial charge in [0.05, 0.1) is 0 Å². The molecule has 0 aliphatic heterocycles. The summed E-state index contributed by atoms with van der Waals surface area (Å²) in [7, 11) is 0. The minimum absolute atomic E-state index is 0.0226. The highest BCUT2D eigenvalue weighted by atomic mass is 16.2. The normalized spacial score (nSPS) is 14.6. The molecule has 19 heavy (non-hydrogen) atoms. The van der Waals surface area contributed by atoms with Crippen molar-refractivity contribution < 1.29 is 9.59 Å². The van der Waals surface area contributed by atoms with E-state index in [1.54, 1.807) is 0 Å². The smallest absolute Gasteiger partial charge is 0.227 e. The van der Waals surface area contributed by atoms with E-state index in [0.29, 0.717) is 6.42 Å². The first-order valence-electron chi connectivity index (χ1n) is 6.81. The Morgan fingerprint density at radius 2 is 2.00 bits per heavy atom. The van der Waals surface area contributed by atoms with Crippen LogP contribution in [0, 0.1) is 12.8 Å². The van der Waals surface area contributed by atoms with Crippen molar-refractivity contribution in [2.45, 2.75) is 39.5 Å². The summed E-state index contributed by atoms with van der Waals surface area (Å²) in [4.78, 5) is 23.3. The van der Waals surface area contributed by atoms with Gasteiger partial charge in [0.1, 0.15) is 0 Å². The van der Waals surface area contributed by atoms with E-state index >= 15 is 0 Å². The third-order valence-electron chi connectivity index (χ3n) is 3.58. The van der Waals surface area contributed by atoms with Crippen LogP contribution in [0.5, 0.6) is 0 Å². The van der Waals surface area contributed by atoms with Crippen molar-refractivity contribution in [1.29, 1.82) is 0 Å². The lowest BCUT2D eigenvalue weighted by molar-refractivity contribution is -0.122. The Bertz CT molecular complexity index is 493. The molecule has 1 saturated carbocycles. The summed E-state index contributed by atoms with van der Waals surface area (Å²) in [6.07, 6.45) is 3.55. The molecule has 0 atom stereocenters. The van der Waals surface area contributed by atoms with Gasteiger partial charge < -0.3 is 10.6 Å². The van der Waals surface area contributed by atoms with E-state index in [9.17, 15) is 9.59 Å². The van der Waals surface area contributed by atoms with Crippen molar-refractivity contribution in [3.8, 4) is 0 Å². The number of hydrogen-bond donors (Lipinski definition) is 2. The Morgan fingerprint density at radius 1 is 1.26 bits per heavy atom. The average molecular weight is 260 g/mol. The Hall–Kier alpha value is -1.84. The molecule has 0 saturated heterocycles. The minimum atomic E-state index is -0.0226. The maximum Gasteiger partial charge on any atom is 0.227 e. The van der Waals surface area contributed by atoms with Crippen LogP contribution in [-0.4, -0.2) is 11.8 Å². The largest absolute Gasteiger partial charge is 0.326 e. The number of nitrogens with one attached hydrogen (secondary N) is 2. The van der Waals surface area contributed by atoms with Crippen LogP contribution in [0.15, 0.2) is 18.2 Å². The predicted molar refractivity (Wildman–Crippen MR) is 76.1 cm³/mol. The molecule has 0 spiro atoms. The van der Waals surface area contributed by atoms with Gasteiger partial charge in [0.15, 0.2) is 0 Å². The van der Waals surface area contributed by atoms with Crippen LogP contribution in [0.1, 0.15) is 38.2 Å². The summed E-state index contributed by atoms with van der Waals surface area (Å²) in [5.74, 6) is 0.225. The molecular weight excluding hydrogens is 240 g/mol. The summed E-state index contributed by atoms with van der Waals surface area (Å²) in [5.41, 5.74) is 2.50.